The first-order chi connectivity index (χ1) is 8.61. The highest BCUT2D eigenvalue weighted by Gasteiger charge is 2.13. The maximum atomic E-state index is 5.98. The van der Waals surface area contributed by atoms with Gasteiger partial charge in [0.25, 0.3) is 0 Å². The quantitative estimate of drug-likeness (QED) is 0.642. The lowest BCUT2D eigenvalue weighted by atomic mass is 9.99. The number of nitrogens with one attached hydrogen (secondary N) is 1. The van der Waals surface area contributed by atoms with Crippen molar-refractivity contribution in [3.05, 3.63) is 68.1 Å². The highest BCUT2D eigenvalue weighted by molar-refractivity contribution is 9.10. The molecule has 2 rings (SSSR count). The van der Waals surface area contributed by atoms with Gasteiger partial charge in [-0.05, 0) is 51.3 Å². The Kier molecular flexibility index (Phi) is 4.65. The van der Waals surface area contributed by atoms with Gasteiger partial charge in [0, 0.05) is 9.50 Å². The van der Waals surface area contributed by atoms with Crippen LogP contribution in [0.3, 0.4) is 0 Å². The second-order valence-corrected chi connectivity index (χ2v) is 5.52. The lowest BCUT2D eigenvalue weighted by Crippen LogP contribution is -2.28. The molecule has 0 aliphatic rings. The molecule has 0 aromatic heterocycles. The summed E-state index contributed by atoms with van der Waals surface area (Å²) in [6, 6.07) is 13.2. The Morgan fingerprint density at radius 3 is 2.17 bits per heavy atom. The summed E-state index contributed by atoms with van der Waals surface area (Å²) in [5.41, 5.74) is 4.86. The van der Waals surface area contributed by atoms with Crippen LogP contribution in [0, 0.1) is 0 Å². The van der Waals surface area contributed by atoms with Crippen molar-refractivity contribution in [3.8, 4) is 0 Å². The molecule has 0 amide bonds. The summed E-state index contributed by atoms with van der Waals surface area (Å²) in [5.74, 6) is 5.63. The van der Waals surface area contributed by atoms with Crippen LogP contribution in [0.2, 0.25) is 10.0 Å². The van der Waals surface area contributed by atoms with Crippen molar-refractivity contribution in [1.29, 1.82) is 0 Å². The van der Waals surface area contributed by atoms with E-state index in [2.05, 4.69) is 21.4 Å². The van der Waals surface area contributed by atoms with Crippen LogP contribution in [0.5, 0.6) is 0 Å². The van der Waals surface area contributed by atoms with Gasteiger partial charge >= 0.3 is 0 Å². The molecule has 2 aromatic rings. The van der Waals surface area contributed by atoms with Gasteiger partial charge in [-0.25, -0.2) is 5.43 Å². The van der Waals surface area contributed by atoms with E-state index in [-0.39, 0.29) is 6.04 Å². The van der Waals surface area contributed by atoms with Crippen LogP contribution >= 0.6 is 39.1 Å². The normalized spacial score (nSPS) is 12.4. The van der Waals surface area contributed by atoms with Crippen LogP contribution < -0.4 is 11.3 Å². The molecule has 1 unspecified atom stereocenters. The standard InChI is InChI=1S/C13H11BrCl2N2/c14-11-7-9(3-6-12(11)16)13(18-17)8-1-4-10(15)5-2-8/h1-7,13,18H,17H2. The van der Waals surface area contributed by atoms with Crippen LogP contribution in [-0.2, 0) is 0 Å². The van der Waals surface area contributed by atoms with Crippen LogP contribution in [0.15, 0.2) is 46.9 Å². The molecular formula is C13H11BrCl2N2. The zero-order valence-corrected chi connectivity index (χ0v) is 12.4. The van der Waals surface area contributed by atoms with Crippen molar-refractivity contribution < 1.29 is 0 Å². The van der Waals surface area contributed by atoms with Gasteiger partial charge in [-0.1, -0.05) is 41.4 Å². The Balaban J connectivity index is 2.38. The second kappa shape index (κ2) is 6.04. The largest absolute Gasteiger partial charge is 0.271 e. The average Bonchev–Trinajstić information content (AvgIpc) is 2.37. The SMILES string of the molecule is NNC(c1ccc(Cl)cc1)c1ccc(Cl)c(Br)c1. The van der Waals surface area contributed by atoms with Gasteiger partial charge < -0.3 is 0 Å². The number of hydrogen-bond donors (Lipinski definition) is 2. The first-order valence-electron chi connectivity index (χ1n) is 5.28. The molecule has 18 heavy (non-hydrogen) atoms. The van der Waals surface area contributed by atoms with Gasteiger partial charge in [-0.15, -0.1) is 0 Å². The molecule has 0 aliphatic heterocycles. The monoisotopic (exact) mass is 344 g/mol. The van der Waals surface area contributed by atoms with Crippen LogP contribution in [0.1, 0.15) is 17.2 Å². The lowest BCUT2D eigenvalue weighted by molar-refractivity contribution is 0.636. The van der Waals surface area contributed by atoms with Crippen molar-refractivity contribution in [3.63, 3.8) is 0 Å². The van der Waals surface area contributed by atoms with E-state index in [1.807, 2.05) is 42.5 Å². The summed E-state index contributed by atoms with van der Waals surface area (Å²) in [5, 5.41) is 1.37. The van der Waals surface area contributed by atoms with E-state index < -0.39 is 0 Å². The fraction of sp³-hybridized carbons (Fsp3) is 0.0769. The van der Waals surface area contributed by atoms with Gasteiger partial charge in [0.05, 0.1) is 11.1 Å². The van der Waals surface area contributed by atoms with Crippen molar-refractivity contribution in [2.45, 2.75) is 6.04 Å². The average molecular weight is 346 g/mol. The zero-order valence-electron chi connectivity index (χ0n) is 9.33. The van der Waals surface area contributed by atoms with E-state index in [0.717, 1.165) is 15.6 Å². The van der Waals surface area contributed by atoms with Crippen LogP contribution in [0.25, 0.3) is 0 Å². The third-order valence-electron chi connectivity index (χ3n) is 2.65. The minimum absolute atomic E-state index is 0.101. The number of nitrogens with two attached hydrogens (primary N) is 1. The first kappa shape index (κ1) is 13.8. The molecule has 0 fully saturated rings. The van der Waals surface area contributed by atoms with Crippen LogP contribution in [-0.4, -0.2) is 0 Å². The highest BCUT2D eigenvalue weighted by atomic mass is 79.9. The Morgan fingerprint density at radius 2 is 1.61 bits per heavy atom. The van der Waals surface area contributed by atoms with Gasteiger partial charge in [0.1, 0.15) is 0 Å². The summed E-state index contributed by atoms with van der Waals surface area (Å²) in [6.45, 7) is 0. The minimum Gasteiger partial charge on any atom is -0.271 e. The molecule has 1 atom stereocenters. The fourth-order valence-corrected chi connectivity index (χ4v) is 2.37. The predicted octanol–water partition coefficient (Wildman–Crippen LogP) is 4.31. The third kappa shape index (κ3) is 3.05. The molecule has 0 spiro atoms. The lowest BCUT2D eigenvalue weighted by Gasteiger charge is -2.17. The number of benzene rings is 2. The Bertz CT molecular complexity index is 543. The molecule has 0 saturated heterocycles. The zero-order chi connectivity index (χ0) is 13.1. The minimum atomic E-state index is -0.101. The van der Waals surface area contributed by atoms with E-state index in [4.69, 9.17) is 29.0 Å². The van der Waals surface area contributed by atoms with E-state index in [0.29, 0.717) is 10.0 Å². The van der Waals surface area contributed by atoms with E-state index in [1.165, 1.54) is 0 Å². The summed E-state index contributed by atoms with van der Waals surface area (Å²) in [7, 11) is 0. The predicted molar refractivity (Wildman–Crippen MR) is 79.8 cm³/mol. The fourth-order valence-electron chi connectivity index (χ4n) is 1.73. The molecule has 94 valence electrons. The Morgan fingerprint density at radius 1 is 1.00 bits per heavy atom. The number of hydrazine groups is 1. The summed E-state index contributed by atoms with van der Waals surface area (Å²) >= 11 is 15.3. The van der Waals surface area contributed by atoms with Crippen molar-refractivity contribution in [2.75, 3.05) is 0 Å². The highest BCUT2D eigenvalue weighted by Crippen LogP contribution is 2.29. The van der Waals surface area contributed by atoms with Gasteiger partial charge in [-0.2, -0.15) is 0 Å². The van der Waals surface area contributed by atoms with E-state index in [1.54, 1.807) is 0 Å². The van der Waals surface area contributed by atoms with Gasteiger partial charge in [0.2, 0.25) is 0 Å². The molecule has 0 saturated carbocycles. The smallest absolute Gasteiger partial charge is 0.0710 e. The maximum Gasteiger partial charge on any atom is 0.0710 e. The molecule has 3 N–H and O–H groups in total. The topological polar surface area (TPSA) is 38.0 Å². The molecule has 5 heteroatoms. The molecular weight excluding hydrogens is 335 g/mol. The number of rotatable bonds is 3. The second-order valence-electron chi connectivity index (χ2n) is 3.82. The Labute approximate surface area is 124 Å². The summed E-state index contributed by atoms with van der Waals surface area (Å²) < 4.78 is 0.843. The van der Waals surface area contributed by atoms with E-state index in [9.17, 15) is 0 Å². The molecule has 0 heterocycles. The molecule has 0 radical (unpaired) electrons. The number of hydrogen-bond acceptors (Lipinski definition) is 2. The molecule has 2 aromatic carbocycles. The first-order valence-corrected chi connectivity index (χ1v) is 6.83. The summed E-state index contributed by atoms with van der Waals surface area (Å²) in [6.07, 6.45) is 0. The van der Waals surface area contributed by atoms with Gasteiger partial charge in [-0.3, -0.25) is 5.84 Å². The molecule has 0 bridgehead atoms. The molecule has 2 nitrogen and oxygen atoms in total. The van der Waals surface area contributed by atoms with Crippen molar-refractivity contribution >= 4 is 39.1 Å². The summed E-state index contributed by atoms with van der Waals surface area (Å²) in [4.78, 5) is 0. The van der Waals surface area contributed by atoms with Crippen LogP contribution in [0.4, 0.5) is 0 Å². The maximum absolute atomic E-state index is 5.98. The van der Waals surface area contributed by atoms with Gasteiger partial charge in [0.15, 0.2) is 0 Å². The van der Waals surface area contributed by atoms with Crippen molar-refractivity contribution in [1.82, 2.24) is 5.43 Å². The number of halogens is 3. The molecule has 0 aliphatic carbocycles. The third-order valence-corrected chi connectivity index (χ3v) is 4.11. The van der Waals surface area contributed by atoms with E-state index >= 15 is 0 Å². The van der Waals surface area contributed by atoms with Crippen molar-refractivity contribution in [2.24, 2.45) is 5.84 Å². The Hall–Kier alpha value is -0.580.